The molecule has 0 spiro atoms. The van der Waals surface area contributed by atoms with Crippen LogP contribution in [0.1, 0.15) is 6.92 Å². The third-order valence-electron chi connectivity index (χ3n) is 2.03. The molecule has 0 fully saturated rings. The van der Waals surface area contributed by atoms with Crippen LogP contribution in [0.3, 0.4) is 0 Å². The van der Waals surface area contributed by atoms with Crippen LogP contribution in [0.15, 0.2) is 18.2 Å². The highest BCUT2D eigenvalue weighted by Crippen LogP contribution is 2.21. The number of amides is 1. The first-order valence-electron chi connectivity index (χ1n) is 5.14. The van der Waals surface area contributed by atoms with Gasteiger partial charge in [-0.25, -0.2) is 9.18 Å². The summed E-state index contributed by atoms with van der Waals surface area (Å²) in [6, 6.07) is 2.58. The Bertz CT molecular complexity index is 468. The molecule has 0 radical (unpaired) electrons. The number of hydrogen-bond donors (Lipinski definition) is 2. The van der Waals surface area contributed by atoms with Crippen LogP contribution in [0.25, 0.3) is 0 Å². The predicted molar refractivity (Wildman–Crippen MR) is 64.6 cm³/mol. The van der Waals surface area contributed by atoms with Gasteiger partial charge in [0.1, 0.15) is 0 Å². The maximum Gasteiger partial charge on any atom is 0.332 e. The second-order valence-corrected chi connectivity index (χ2v) is 3.73. The summed E-state index contributed by atoms with van der Waals surface area (Å²) in [5.74, 6) is -2.53. The molecule has 0 aliphatic heterocycles. The van der Waals surface area contributed by atoms with E-state index in [1.54, 1.807) is 6.92 Å². The van der Waals surface area contributed by atoms with E-state index in [9.17, 15) is 14.0 Å². The van der Waals surface area contributed by atoms with Crippen molar-refractivity contribution in [3.63, 3.8) is 0 Å². The quantitative estimate of drug-likeness (QED) is 0.641. The molecule has 18 heavy (non-hydrogen) atoms. The Morgan fingerprint density at radius 2 is 2.22 bits per heavy atom. The molecule has 0 saturated carbocycles. The molecule has 3 N–H and O–H groups in total. The van der Waals surface area contributed by atoms with Crippen LogP contribution in [-0.2, 0) is 14.3 Å². The summed E-state index contributed by atoms with van der Waals surface area (Å²) in [7, 11) is 0. The predicted octanol–water partition coefficient (Wildman–Crippen LogP) is 1.31. The molecule has 0 heterocycles. The zero-order valence-electron chi connectivity index (χ0n) is 9.57. The largest absolute Gasteiger partial charge is 0.464 e. The van der Waals surface area contributed by atoms with Crippen LogP contribution in [0.5, 0.6) is 0 Å². The van der Waals surface area contributed by atoms with E-state index in [-0.39, 0.29) is 17.3 Å². The molecule has 1 unspecified atom stereocenters. The molecular formula is C11H12ClFN2O3. The normalized spacial score (nSPS) is 11.8. The van der Waals surface area contributed by atoms with Crippen LogP contribution in [-0.4, -0.2) is 24.5 Å². The minimum Gasteiger partial charge on any atom is -0.464 e. The number of esters is 1. The summed E-state index contributed by atoms with van der Waals surface area (Å²) < 4.78 is 18.0. The van der Waals surface area contributed by atoms with E-state index in [0.717, 1.165) is 0 Å². The summed E-state index contributed by atoms with van der Waals surface area (Å²) in [5, 5.41) is 2.02. The Kier molecular flexibility index (Phi) is 5.06. The highest BCUT2D eigenvalue weighted by Gasteiger charge is 2.24. The molecule has 1 aromatic carbocycles. The molecule has 5 nitrogen and oxygen atoms in total. The average Bonchev–Trinajstić information content (AvgIpc) is 2.34. The second-order valence-electron chi connectivity index (χ2n) is 3.32. The first-order valence-corrected chi connectivity index (χ1v) is 5.52. The monoisotopic (exact) mass is 274 g/mol. The van der Waals surface area contributed by atoms with Crippen LogP contribution in [0.2, 0.25) is 5.02 Å². The van der Waals surface area contributed by atoms with Crippen molar-refractivity contribution < 1.29 is 18.7 Å². The van der Waals surface area contributed by atoms with E-state index in [1.165, 1.54) is 18.2 Å². The minimum atomic E-state index is -1.51. The number of nitrogens with two attached hydrogens (primary N) is 1. The number of hydrogen-bond acceptors (Lipinski definition) is 4. The van der Waals surface area contributed by atoms with E-state index >= 15 is 0 Å². The highest BCUT2D eigenvalue weighted by atomic mass is 35.5. The molecule has 1 atom stereocenters. The van der Waals surface area contributed by atoms with Crippen LogP contribution in [0.4, 0.5) is 10.1 Å². The molecule has 1 amide bonds. The molecule has 98 valence electrons. The molecule has 0 saturated heterocycles. The fourth-order valence-corrected chi connectivity index (χ4v) is 1.32. The SMILES string of the molecule is CCOC(=O)C(N)C(=O)Nc1cccc(Cl)c1F. The molecule has 7 heteroatoms. The molecule has 0 aliphatic carbocycles. The topological polar surface area (TPSA) is 81.4 Å². The number of carbonyl (C=O) groups excluding carboxylic acids is 2. The van der Waals surface area contributed by atoms with Gasteiger partial charge in [-0.3, -0.25) is 4.79 Å². The minimum absolute atomic E-state index is 0.103. The Labute approximate surface area is 108 Å². The lowest BCUT2D eigenvalue weighted by Crippen LogP contribution is -2.43. The van der Waals surface area contributed by atoms with Gasteiger partial charge in [0, 0.05) is 0 Å². The third kappa shape index (κ3) is 3.41. The van der Waals surface area contributed by atoms with Crippen molar-refractivity contribution in [2.75, 3.05) is 11.9 Å². The van der Waals surface area contributed by atoms with Gasteiger partial charge in [0.25, 0.3) is 5.91 Å². The fraction of sp³-hybridized carbons (Fsp3) is 0.273. The average molecular weight is 275 g/mol. The van der Waals surface area contributed by atoms with Gasteiger partial charge in [0.2, 0.25) is 0 Å². The van der Waals surface area contributed by atoms with Gasteiger partial charge in [-0.05, 0) is 19.1 Å². The summed E-state index contributed by atoms with van der Waals surface area (Å²) in [6.45, 7) is 1.69. The van der Waals surface area contributed by atoms with Crippen molar-refractivity contribution in [1.29, 1.82) is 0 Å². The third-order valence-corrected chi connectivity index (χ3v) is 2.32. The molecule has 1 aromatic rings. The number of carbonyl (C=O) groups is 2. The van der Waals surface area contributed by atoms with Crippen molar-refractivity contribution in [1.82, 2.24) is 0 Å². The van der Waals surface area contributed by atoms with Crippen molar-refractivity contribution in [3.05, 3.63) is 29.0 Å². The lowest BCUT2D eigenvalue weighted by atomic mass is 10.2. The smallest absolute Gasteiger partial charge is 0.332 e. The summed E-state index contributed by atoms with van der Waals surface area (Å²) >= 11 is 5.54. The first-order chi connectivity index (χ1) is 8.47. The zero-order chi connectivity index (χ0) is 13.7. The maximum atomic E-state index is 13.5. The Balaban J connectivity index is 2.75. The summed E-state index contributed by atoms with van der Waals surface area (Å²) in [5.41, 5.74) is 5.19. The van der Waals surface area contributed by atoms with E-state index in [0.29, 0.717) is 0 Å². The maximum absolute atomic E-state index is 13.5. The number of nitrogens with one attached hydrogen (secondary N) is 1. The highest BCUT2D eigenvalue weighted by molar-refractivity contribution is 6.31. The van der Waals surface area contributed by atoms with Crippen molar-refractivity contribution in [3.8, 4) is 0 Å². The molecular weight excluding hydrogens is 263 g/mol. The zero-order valence-corrected chi connectivity index (χ0v) is 10.3. The van der Waals surface area contributed by atoms with Gasteiger partial charge in [-0.15, -0.1) is 0 Å². The molecule has 1 rings (SSSR count). The number of halogens is 2. The lowest BCUT2D eigenvalue weighted by molar-refractivity contribution is -0.146. The van der Waals surface area contributed by atoms with Gasteiger partial charge in [0.05, 0.1) is 17.3 Å². The van der Waals surface area contributed by atoms with Crippen LogP contribution in [0, 0.1) is 5.82 Å². The van der Waals surface area contributed by atoms with E-state index in [4.69, 9.17) is 17.3 Å². The Hall–Kier alpha value is -1.66. The number of anilines is 1. The van der Waals surface area contributed by atoms with Gasteiger partial charge < -0.3 is 15.8 Å². The molecule has 0 aromatic heterocycles. The summed E-state index contributed by atoms with van der Waals surface area (Å²) in [6.07, 6.45) is 0. The van der Waals surface area contributed by atoms with Gasteiger partial charge in [-0.1, -0.05) is 17.7 Å². The molecule has 0 bridgehead atoms. The van der Waals surface area contributed by atoms with Gasteiger partial charge >= 0.3 is 5.97 Å². The first kappa shape index (κ1) is 14.4. The number of rotatable bonds is 4. The summed E-state index contributed by atoms with van der Waals surface area (Å²) in [4.78, 5) is 22.7. The Morgan fingerprint density at radius 3 is 2.83 bits per heavy atom. The van der Waals surface area contributed by atoms with Gasteiger partial charge in [-0.2, -0.15) is 0 Å². The second kappa shape index (κ2) is 6.32. The fourth-order valence-electron chi connectivity index (χ4n) is 1.15. The van der Waals surface area contributed by atoms with Gasteiger partial charge in [0.15, 0.2) is 11.9 Å². The van der Waals surface area contributed by atoms with Crippen molar-refractivity contribution >= 4 is 29.2 Å². The van der Waals surface area contributed by atoms with Crippen LogP contribution >= 0.6 is 11.6 Å². The van der Waals surface area contributed by atoms with Crippen molar-refractivity contribution in [2.45, 2.75) is 13.0 Å². The van der Waals surface area contributed by atoms with E-state index in [2.05, 4.69) is 10.1 Å². The molecule has 0 aliphatic rings. The number of benzene rings is 1. The van der Waals surface area contributed by atoms with E-state index in [1.807, 2.05) is 0 Å². The van der Waals surface area contributed by atoms with Crippen molar-refractivity contribution in [2.24, 2.45) is 5.73 Å². The standard InChI is InChI=1S/C11H12ClFN2O3/c1-2-18-11(17)9(14)10(16)15-7-5-3-4-6(12)8(7)13/h3-5,9H,2,14H2,1H3,(H,15,16). The van der Waals surface area contributed by atoms with Crippen LogP contribution < -0.4 is 11.1 Å². The number of ether oxygens (including phenoxy) is 1. The lowest BCUT2D eigenvalue weighted by Gasteiger charge is -2.11. The van der Waals surface area contributed by atoms with E-state index < -0.39 is 23.7 Å². The Morgan fingerprint density at radius 1 is 1.56 bits per heavy atom.